The molecule has 2 nitrogen and oxygen atoms in total. The molecule has 0 radical (unpaired) electrons. The van der Waals surface area contributed by atoms with Crippen LogP contribution in [0.15, 0.2) is 0 Å². The Hall–Kier alpha value is -0.150. The van der Waals surface area contributed by atoms with Crippen LogP contribution in [0.1, 0.15) is 19.8 Å². The van der Waals surface area contributed by atoms with Crippen molar-refractivity contribution in [1.29, 1.82) is 0 Å². The number of halogens is 1. The third-order valence-corrected chi connectivity index (χ3v) is 3.39. The van der Waals surface area contributed by atoms with E-state index in [1.54, 1.807) is 0 Å². The van der Waals surface area contributed by atoms with Crippen molar-refractivity contribution in [3.05, 3.63) is 0 Å². The molecule has 13 heavy (non-hydrogen) atoms. The Labute approximate surface area is 79.5 Å². The highest BCUT2D eigenvalue weighted by Crippen LogP contribution is 2.40. The van der Waals surface area contributed by atoms with Crippen molar-refractivity contribution in [2.24, 2.45) is 5.92 Å². The van der Waals surface area contributed by atoms with Gasteiger partial charge in [0.25, 0.3) is 0 Å². The van der Waals surface area contributed by atoms with Gasteiger partial charge in [0.1, 0.15) is 6.67 Å². The fraction of sp³-hybridized carbons (Fsp3) is 1.00. The second kappa shape index (κ2) is 3.54. The van der Waals surface area contributed by atoms with Crippen LogP contribution in [0.4, 0.5) is 4.39 Å². The van der Waals surface area contributed by atoms with Gasteiger partial charge in [-0.05, 0) is 25.7 Å². The van der Waals surface area contributed by atoms with Crippen molar-refractivity contribution in [3.63, 3.8) is 0 Å². The maximum Gasteiger partial charge on any atom is 0.102 e. The van der Waals surface area contributed by atoms with E-state index >= 15 is 0 Å². The average molecular weight is 186 g/mol. The Balaban J connectivity index is 1.90. The highest BCUT2D eigenvalue weighted by Gasteiger charge is 2.43. The van der Waals surface area contributed by atoms with Gasteiger partial charge in [-0.1, -0.05) is 0 Å². The van der Waals surface area contributed by atoms with Crippen LogP contribution < -0.4 is 5.32 Å². The molecular weight excluding hydrogens is 167 g/mol. The van der Waals surface area contributed by atoms with Crippen molar-refractivity contribution in [3.8, 4) is 0 Å². The lowest BCUT2D eigenvalue weighted by Gasteiger charge is -2.41. The van der Waals surface area contributed by atoms with Crippen LogP contribution in [0.5, 0.6) is 0 Å². The Morgan fingerprint density at radius 1 is 1.54 bits per heavy atom. The number of alkyl halides is 1. The maximum atomic E-state index is 12.2. The van der Waals surface area contributed by atoms with Crippen LogP contribution in [-0.4, -0.2) is 43.3 Å². The van der Waals surface area contributed by atoms with Crippen LogP contribution in [0.3, 0.4) is 0 Å². The molecule has 0 aromatic rings. The Morgan fingerprint density at radius 2 is 2.31 bits per heavy atom. The molecule has 0 spiro atoms. The number of nitrogens with one attached hydrogen (secondary N) is 1. The predicted molar refractivity (Wildman–Crippen MR) is 51.5 cm³/mol. The summed E-state index contributed by atoms with van der Waals surface area (Å²) in [6.07, 6.45) is 2.71. The monoisotopic (exact) mass is 186 g/mol. The summed E-state index contributed by atoms with van der Waals surface area (Å²) in [5.41, 5.74) is 0.271. The number of piperazine rings is 1. The summed E-state index contributed by atoms with van der Waals surface area (Å²) < 4.78 is 12.2. The summed E-state index contributed by atoms with van der Waals surface area (Å²) in [5, 5.41) is 3.58. The highest BCUT2D eigenvalue weighted by molar-refractivity contribution is 5.01. The normalized spacial score (nSPS) is 36.5. The molecule has 1 atom stereocenters. The highest BCUT2D eigenvalue weighted by atomic mass is 19.1. The number of rotatable bonds is 3. The van der Waals surface area contributed by atoms with E-state index in [-0.39, 0.29) is 12.2 Å². The molecular formula is C10H19FN2. The van der Waals surface area contributed by atoms with Gasteiger partial charge >= 0.3 is 0 Å². The molecule has 2 aliphatic rings. The van der Waals surface area contributed by atoms with E-state index in [1.165, 1.54) is 12.8 Å². The van der Waals surface area contributed by atoms with E-state index in [9.17, 15) is 4.39 Å². The van der Waals surface area contributed by atoms with Crippen molar-refractivity contribution < 1.29 is 4.39 Å². The van der Waals surface area contributed by atoms with E-state index in [2.05, 4.69) is 17.1 Å². The molecule has 3 heteroatoms. The molecule has 1 saturated heterocycles. The Bertz CT molecular complexity index is 180. The van der Waals surface area contributed by atoms with Gasteiger partial charge in [-0.3, -0.25) is 4.90 Å². The molecule has 2 rings (SSSR count). The second-order valence-corrected chi connectivity index (χ2v) is 4.58. The van der Waals surface area contributed by atoms with Gasteiger partial charge in [-0.25, -0.2) is 4.39 Å². The smallest absolute Gasteiger partial charge is 0.102 e. The first-order chi connectivity index (χ1) is 6.24. The molecule has 76 valence electrons. The van der Waals surface area contributed by atoms with Crippen LogP contribution in [0.2, 0.25) is 0 Å². The van der Waals surface area contributed by atoms with Crippen LogP contribution in [-0.2, 0) is 0 Å². The van der Waals surface area contributed by atoms with Gasteiger partial charge in [-0.15, -0.1) is 0 Å². The third-order valence-electron chi connectivity index (χ3n) is 3.39. The minimum absolute atomic E-state index is 0.208. The van der Waals surface area contributed by atoms with Gasteiger partial charge in [0.15, 0.2) is 0 Å². The molecule has 0 amide bonds. The Morgan fingerprint density at radius 3 is 2.92 bits per heavy atom. The molecule has 2 fully saturated rings. The van der Waals surface area contributed by atoms with Crippen LogP contribution in [0, 0.1) is 5.92 Å². The van der Waals surface area contributed by atoms with Gasteiger partial charge in [-0.2, -0.15) is 0 Å². The summed E-state index contributed by atoms with van der Waals surface area (Å²) in [6.45, 7) is 5.75. The standard InChI is InChI=1S/C10H19FN2/c1-10(9-2-3-9)8-13(6-4-11)7-5-12-10/h9,12H,2-8H2,1H3. The molecule has 1 aliphatic carbocycles. The molecule has 0 aromatic carbocycles. The minimum Gasteiger partial charge on any atom is -0.309 e. The third kappa shape index (κ3) is 2.02. The van der Waals surface area contributed by atoms with Crippen LogP contribution in [0.25, 0.3) is 0 Å². The number of hydrogen-bond donors (Lipinski definition) is 1. The lowest BCUT2D eigenvalue weighted by Crippen LogP contribution is -2.60. The van der Waals surface area contributed by atoms with Gasteiger partial charge in [0, 0.05) is 31.7 Å². The molecule has 1 aliphatic heterocycles. The maximum absolute atomic E-state index is 12.2. The first kappa shape index (κ1) is 9.41. The van der Waals surface area contributed by atoms with E-state index in [1.807, 2.05) is 0 Å². The van der Waals surface area contributed by atoms with Gasteiger partial charge < -0.3 is 5.32 Å². The summed E-state index contributed by atoms with van der Waals surface area (Å²) in [5.74, 6) is 0.843. The van der Waals surface area contributed by atoms with E-state index in [0.29, 0.717) is 6.54 Å². The zero-order chi connectivity index (χ0) is 9.31. The lowest BCUT2D eigenvalue weighted by molar-refractivity contribution is 0.120. The molecule has 0 aromatic heterocycles. The second-order valence-electron chi connectivity index (χ2n) is 4.58. The summed E-state index contributed by atoms with van der Waals surface area (Å²) in [6, 6.07) is 0. The summed E-state index contributed by atoms with van der Waals surface area (Å²) in [4.78, 5) is 2.24. The number of hydrogen-bond acceptors (Lipinski definition) is 2. The van der Waals surface area contributed by atoms with Gasteiger partial charge in [0.2, 0.25) is 0 Å². The van der Waals surface area contributed by atoms with Crippen LogP contribution >= 0.6 is 0 Å². The lowest BCUT2D eigenvalue weighted by atomic mass is 9.93. The zero-order valence-electron chi connectivity index (χ0n) is 8.35. The van der Waals surface area contributed by atoms with E-state index < -0.39 is 0 Å². The van der Waals surface area contributed by atoms with Crippen molar-refractivity contribution in [2.75, 3.05) is 32.9 Å². The zero-order valence-corrected chi connectivity index (χ0v) is 8.35. The van der Waals surface area contributed by atoms with E-state index in [0.717, 1.165) is 25.6 Å². The average Bonchev–Trinajstić information content (AvgIpc) is 2.86. The van der Waals surface area contributed by atoms with Crippen molar-refractivity contribution in [1.82, 2.24) is 10.2 Å². The summed E-state index contributed by atoms with van der Waals surface area (Å²) >= 11 is 0. The molecule has 1 saturated carbocycles. The molecule has 1 heterocycles. The van der Waals surface area contributed by atoms with Crippen molar-refractivity contribution in [2.45, 2.75) is 25.3 Å². The molecule has 1 unspecified atom stereocenters. The predicted octanol–water partition coefficient (Wildman–Crippen LogP) is 1.03. The Kier molecular flexibility index (Phi) is 2.56. The quantitative estimate of drug-likeness (QED) is 0.708. The molecule has 0 bridgehead atoms. The number of nitrogens with zero attached hydrogens (tertiary/aromatic N) is 1. The fourth-order valence-corrected chi connectivity index (χ4v) is 2.40. The SMILES string of the molecule is CC1(C2CC2)CN(CCF)CCN1. The first-order valence-electron chi connectivity index (χ1n) is 5.28. The molecule has 1 N–H and O–H groups in total. The van der Waals surface area contributed by atoms with Gasteiger partial charge in [0.05, 0.1) is 0 Å². The summed E-state index contributed by atoms with van der Waals surface area (Å²) in [7, 11) is 0. The van der Waals surface area contributed by atoms with Crippen molar-refractivity contribution >= 4 is 0 Å². The minimum atomic E-state index is -0.208. The van der Waals surface area contributed by atoms with E-state index in [4.69, 9.17) is 0 Å². The first-order valence-corrected chi connectivity index (χ1v) is 5.28. The topological polar surface area (TPSA) is 15.3 Å². The largest absolute Gasteiger partial charge is 0.309 e. The fourth-order valence-electron chi connectivity index (χ4n) is 2.40.